The van der Waals surface area contributed by atoms with E-state index in [0.717, 1.165) is 29.9 Å². The first-order chi connectivity index (χ1) is 13.3. The number of rotatable bonds is 6. The molecule has 1 aliphatic carbocycles. The van der Waals surface area contributed by atoms with Gasteiger partial charge in [-0.25, -0.2) is 4.99 Å². The van der Waals surface area contributed by atoms with Crippen LogP contribution in [0.25, 0.3) is 5.57 Å². The molecule has 2 aliphatic rings. The zero-order chi connectivity index (χ0) is 18.6. The van der Waals surface area contributed by atoms with Crippen molar-refractivity contribution in [1.29, 1.82) is 0 Å². The molecule has 0 spiro atoms. The number of anilines is 2. The number of benzene rings is 2. The van der Waals surface area contributed by atoms with Crippen molar-refractivity contribution < 1.29 is 4.74 Å². The van der Waals surface area contributed by atoms with E-state index in [1.807, 2.05) is 13.1 Å². The van der Waals surface area contributed by atoms with Gasteiger partial charge in [-0.2, -0.15) is 0 Å². The Labute approximate surface area is 160 Å². The standard InChI is InChI=1S/C23H25N3O/c1-3-13-25-20-11-10-18(24-2)15-19(20)23-26-21-14-17(9-12-22(21)27-23)16-7-5-4-6-8-16/h4-12,14-15,21-22,24-25H,3,13H2,1-2H3. The van der Waals surface area contributed by atoms with E-state index in [9.17, 15) is 0 Å². The van der Waals surface area contributed by atoms with Crippen molar-refractivity contribution in [2.45, 2.75) is 25.5 Å². The SMILES string of the molecule is CCCNc1ccc(NC)cc1C1=NC2C=C(c3ccccc3)C=CC2O1. The van der Waals surface area contributed by atoms with Gasteiger partial charge in [-0.3, -0.25) is 0 Å². The number of ether oxygens (including phenoxy) is 1. The number of aliphatic imine (C=N–C) groups is 1. The molecule has 27 heavy (non-hydrogen) atoms. The normalized spacial score (nSPS) is 20.4. The maximum absolute atomic E-state index is 6.21. The lowest BCUT2D eigenvalue weighted by Crippen LogP contribution is -2.21. The number of nitrogens with one attached hydrogen (secondary N) is 2. The fraction of sp³-hybridized carbons (Fsp3) is 0.261. The highest BCUT2D eigenvalue weighted by Crippen LogP contribution is 2.31. The molecule has 1 aliphatic heterocycles. The van der Waals surface area contributed by atoms with Crippen LogP contribution in [-0.2, 0) is 4.74 Å². The fourth-order valence-corrected chi connectivity index (χ4v) is 3.41. The van der Waals surface area contributed by atoms with Crippen molar-refractivity contribution in [3.8, 4) is 0 Å². The summed E-state index contributed by atoms with van der Waals surface area (Å²) in [6, 6.07) is 16.7. The Morgan fingerprint density at radius 2 is 1.96 bits per heavy atom. The molecule has 2 atom stereocenters. The molecule has 1 heterocycles. The number of fused-ring (bicyclic) bond motifs is 1. The largest absolute Gasteiger partial charge is 0.467 e. The third kappa shape index (κ3) is 3.61. The summed E-state index contributed by atoms with van der Waals surface area (Å²) in [5.41, 5.74) is 5.51. The van der Waals surface area contributed by atoms with E-state index < -0.39 is 0 Å². The molecule has 2 unspecified atom stereocenters. The molecule has 0 saturated heterocycles. The van der Waals surface area contributed by atoms with Crippen LogP contribution in [0.4, 0.5) is 11.4 Å². The Morgan fingerprint density at radius 1 is 1.11 bits per heavy atom. The maximum atomic E-state index is 6.21. The Balaban J connectivity index is 1.65. The highest BCUT2D eigenvalue weighted by atomic mass is 16.5. The molecular formula is C23H25N3O. The second-order valence-corrected chi connectivity index (χ2v) is 6.79. The lowest BCUT2D eigenvalue weighted by Gasteiger charge is -2.18. The van der Waals surface area contributed by atoms with E-state index in [1.165, 1.54) is 11.1 Å². The van der Waals surface area contributed by atoms with Gasteiger partial charge in [0, 0.05) is 25.0 Å². The molecule has 4 heteroatoms. The molecule has 4 rings (SSSR count). The van der Waals surface area contributed by atoms with Crippen LogP contribution in [0.1, 0.15) is 24.5 Å². The number of allylic oxidation sites excluding steroid dienone is 2. The van der Waals surface area contributed by atoms with Crippen LogP contribution in [0.15, 0.2) is 71.8 Å². The zero-order valence-electron chi connectivity index (χ0n) is 15.8. The van der Waals surface area contributed by atoms with Crippen molar-refractivity contribution in [3.63, 3.8) is 0 Å². The van der Waals surface area contributed by atoms with E-state index in [4.69, 9.17) is 9.73 Å². The van der Waals surface area contributed by atoms with Gasteiger partial charge >= 0.3 is 0 Å². The molecule has 138 valence electrons. The molecule has 0 aromatic heterocycles. The molecule has 2 N–H and O–H groups in total. The Morgan fingerprint density at radius 3 is 2.74 bits per heavy atom. The van der Waals surface area contributed by atoms with Gasteiger partial charge in [0.2, 0.25) is 5.90 Å². The second-order valence-electron chi connectivity index (χ2n) is 6.79. The topological polar surface area (TPSA) is 45.7 Å². The number of hydrogen-bond donors (Lipinski definition) is 2. The summed E-state index contributed by atoms with van der Waals surface area (Å²) >= 11 is 0. The smallest absolute Gasteiger partial charge is 0.219 e. The van der Waals surface area contributed by atoms with E-state index in [-0.39, 0.29) is 12.1 Å². The summed E-state index contributed by atoms with van der Waals surface area (Å²) in [5.74, 6) is 0.705. The van der Waals surface area contributed by atoms with Crippen LogP contribution < -0.4 is 10.6 Å². The molecule has 4 nitrogen and oxygen atoms in total. The van der Waals surface area contributed by atoms with Crippen molar-refractivity contribution in [2.75, 3.05) is 24.2 Å². The second kappa shape index (κ2) is 7.70. The van der Waals surface area contributed by atoms with Crippen molar-refractivity contribution in [2.24, 2.45) is 4.99 Å². The quantitative estimate of drug-likeness (QED) is 0.785. The van der Waals surface area contributed by atoms with Gasteiger partial charge in [0.15, 0.2) is 0 Å². The molecule has 2 aromatic rings. The predicted octanol–water partition coefficient (Wildman–Crippen LogP) is 4.72. The van der Waals surface area contributed by atoms with Gasteiger partial charge in [0.1, 0.15) is 12.1 Å². The minimum absolute atomic E-state index is 0.0115. The van der Waals surface area contributed by atoms with Crippen LogP contribution in [-0.4, -0.2) is 31.6 Å². The molecular weight excluding hydrogens is 334 g/mol. The monoisotopic (exact) mass is 359 g/mol. The molecule has 0 fully saturated rings. The predicted molar refractivity (Wildman–Crippen MR) is 114 cm³/mol. The summed E-state index contributed by atoms with van der Waals surface area (Å²) in [4.78, 5) is 4.90. The minimum Gasteiger partial charge on any atom is -0.467 e. The summed E-state index contributed by atoms with van der Waals surface area (Å²) in [5, 5.41) is 6.69. The average molecular weight is 359 g/mol. The molecule has 2 aromatic carbocycles. The molecule has 0 bridgehead atoms. The fourth-order valence-electron chi connectivity index (χ4n) is 3.41. The Kier molecular flexibility index (Phi) is 4.97. The average Bonchev–Trinajstić information content (AvgIpc) is 3.16. The summed E-state index contributed by atoms with van der Waals surface area (Å²) in [6.45, 7) is 3.08. The van der Waals surface area contributed by atoms with E-state index in [0.29, 0.717) is 5.90 Å². The van der Waals surface area contributed by atoms with Crippen molar-refractivity contribution >= 4 is 22.8 Å². The van der Waals surface area contributed by atoms with Crippen molar-refractivity contribution in [3.05, 3.63) is 77.9 Å². The lowest BCUT2D eigenvalue weighted by molar-refractivity contribution is 0.255. The number of hydrogen-bond acceptors (Lipinski definition) is 4. The van der Waals surface area contributed by atoms with Crippen LogP contribution in [0.3, 0.4) is 0 Å². The Bertz CT molecular complexity index is 899. The molecule has 0 amide bonds. The highest BCUT2D eigenvalue weighted by molar-refractivity contribution is 6.02. The van der Waals surface area contributed by atoms with Crippen molar-refractivity contribution in [1.82, 2.24) is 0 Å². The van der Waals surface area contributed by atoms with Crippen LogP contribution in [0, 0.1) is 0 Å². The van der Waals surface area contributed by atoms with Gasteiger partial charge in [-0.1, -0.05) is 43.3 Å². The third-order valence-electron chi connectivity index (χ3n) is 4.88. The number of nitrogens with zero attached hydrogens (tertiary/aromatic N) is 1. The first kappa shape index (κ1) is 17.4. The summed E-state index contributed by atoms with van der Waals surface area (Å²) < 4.78 is 6.21. The van der Waals surface area contributed by atoms with Crippen LogP contribution >= 0.6 is 0 Å². The maximum Gasteiger partial charge on any atom is 0.219 e. The zero-order valence-corrected chi connectivity index (χ0v) is 15.8. The third-order valence-corrected chi connectivity index (χ3v) is 4.88. The van der Waals surface area contributed by atoms with Gasteiger partial charge in [0.05, 0.1) is 5.56 Å². The van der Waals surface area contributed by atoms with E-state index in [2.05, 4.69) is 78.2 Å². The van der Waals surface area contributed by atoms with Crippen LogP contribution in [0.5, 0.6) is 0 Å². The van der Waals surface area contributed by atoms with Gasteiger partial charge in [-0.15, -0.1) is 0 Å². The lowest BCUT2D eigenvalue weighted by atomic mass is 9.96. The molecule has 0 radical (unpaired) electrons. The first-order valence-electron chi connectivity index (χ1n) is 9.54. The minimum atomic E-state index is -0.0373. The highest BCUT2D eigenvalue weighted by Gasteiger charge is 2.31. The van der Waals surface area contributed by atoms with Gasteiger partial charge in [0.25, 0.3) is 0 Å². The van der Waals surface area contributed by atoms with Gasteiger partial charge in [-0.05, 0) is 47.9 Å². The summed E-state index contributed by atoms with van der Waals surface area (Å²) in [6.07, 6.45) is 7.48. The van der Waals surface area contributed by atoms with E-state index >= 15 is 0 Å². The summed E-state index contributed by atoms with van der Waals surface area (Å²) in [7, 11) is 1.92. The van der Waals surface area contributed by atoms with Gasteiger partial charge < -0.3 is 15.4 Å². The molecule has 0 saturated carbocycles. The van der Waals surface area contributed by atoms with E-state index in [1.54, 1.807) is 0 Å². The van der Waals surface area contributed by atoms with Crippen LogP contribution in [0.2, 0.25) is 0 Å². The Hall–Kier alpha value is -3.01. The first-order valence-corrected chi connectivity index (χ1v) is 9.54.